The summed E-state index contributed by atoms with van der Waals surface area (Å²) in [5.41, 5.74) is 6.54. The van der Waals surface area contributed by atoms with Crippen molar-refractivity contribution >= 4 is 23.8 Å². The Labute approximate surface area is 195 Å². The lowest BCUT2D eigenvalue weighted by Gasteiger charge is -2.09. The highest BCUT2D eigenvalue weighted by Crippen LogP contribution is 2.14. The maximum Gasteiger partial charge on any atom is 0.319 e. The first-order valence-corrected chi connectivity index (χ1v) is 12.9. The van der Waals surface area contributed by atoms with Crippen LogP contribution in [0, 0.1) is 0 Å². The van der Waals surface area contributed by atoms with Crippen LogP contribution in [0.4, 0.5) is 16.2 Å². The minimum Gasteiger partial charge on any atom is -0.338 e. The van der Waals surface area contributed by atoms with Gasteiger partial charge in [0.15, 0.2) is 0 Å². The van der Waals surface area contributed by atoms with Crippen LogP contribution < -0.4 is 21.5 Å². The Bertz CT molecular complexity index is 578. The molecule has 0 unspecified atom stereocenters. The van der Waals surface area contributed by atoms with Crippen LogP contribution in [0.2, 0.25) is 0 Å². The highest BCUT2D eigenvalue weighted by Gasteiger charge is 2.01. The molecule has 4 N–H and O–H groups in total. The van der Waals surface area contributed by atoms with Gasteiger partial charge in [0.2, 0.25) is 6.41 Å². The monoisotopic (exact) mass is 446 g/mol. The molecule has 0 heterocycles. The molecule has 0 bridgehead atoms. The number of hydrogen-bond acceptors (Lipinski definition) is 3. The Morgan fingerprint density at radius 1 is 0.688 bits per heavy atom. The van der Waals surface area contributed by atoms with Crippen LogP contribution in [0.1, 0.15) is 110 Å². The van der Waals surface area contributed by atoms with Gasteiger partial charge in [-0.2, -0.15) is 0 Å². The second-order valence-electron chi connectivity index (χ2n) is 8.65. The standard InChI is InChI=1S/C26H46N4O2/c1-2-3-4-5-6-7-8-9-10-11-12-13-14-15-16-17-22-27-26(32)29-24-18-20-25(21-19-24)30-28-23-31/h18-21,23,30H,2-17,22H2,1H3,(H,28,31)(H2,27,29,32). The summed E-state index contributed by atoms with van der Waals surface area (Å²) in [6.07, 6.45) is 22.1. The molecule has 0 spiro atoms. The van der Waals surface area contributed by atoms with E-state index in [1.165, 1.54) is 96.3 Å². The topological polar surface area (TPSA) is 82.3 Å². The molecule has 32 heavy (non-hydrogen) atoms. The number of rotatable bonds is 21. The lowest BCUT2D eigenvalue weighted by Crippen LogP contribution is -2.29. The van der Waals surface area contributed by atoms with Crippen LogP contribution in [0.15, 0.2) is 24.3 Å². The Morgan fingerprint density at radius 2 is 1.12 bits per heavy atom. The number of carbonyl (C=O) groups excluding carboxylic acids is 2. The predicted octanol–water partition coefficient (Wildman–Crippen LogP) is 7.14. The molecule has 1 rings (SSSR count). The molecular formula is C26H46N4O2. The second-order valence-corrected chi connectivity index (χ2v) is 8.65. The zero-order valence-corrected chi connectivity index (χ0v) is 20.2. The first-order chi connectivity index (χ1) is 15.8. The average molecular weight is 447 g/mol. The molecule has 0 aliphatic heterocycles. The van der Waals surface area contributed by atoms with Crippen molar-refractivity contribution in [2.45, 2.75) is 110 Å². The van der Waals surface area contributed by atoms with Crippen molar-refractivity contribution in [3.8, 4) is 0 Å². The fourth-order valence-corrected chi connectivity index (χ4v) is 3.80. The zero-order chi connectivity index (χ0) is 23.1. The minimum atomic E-state index is -0.183. The summed E-state index contributed by atoms with van der Waals surface area (Å²) in [5, 5.41) is 5.72. The summed E-state index contributed by atoms with van der Waals surface area (Å²) in [6, 6.07) is 6.94. The molecule has 0 fully saturated rings. The van der Waals surface area contributed by atoms with Gasteiger partial charge in [0.1, 0.15) is 0 Å². The van der Waals surface area contributed by atoms with E-state index in [2.05, 4.69) is 28.4 Å². The SMILES string of the molecule is CCCCCCCCCCCCCCCCCCNC(=O)Nc1ccc(NNC=O)cc1. The zero-order valence-electron chi connectivity index (χ0n) is 20.2. The van der Waals surface area contributed by atoms with E-state index >= 15 is 0 Å². The van der Waals surface area contributed by atoms with Crippen molar-refractivity contribution in [1.82, 2.24) is 10.7 Å². The third-order valence-electron chi connectivity index (χ3n) is 5.73. The van der Waals surface area contributed by atoms with Crippen molar-refractivity contribution in [3.05, 3.63) is 24.3 Å². The van der Waals surface area contributed by atoms with Crippen molar-refractivity contribution in [1.29, 1.82) is 0 Å². The van der Waals surface area contributed by atoms with E-state index in [9.17, 15) is 9.59 Å². The number of urea groups is 1. The van der Waals surface area contributed by atoms with Crippen LogP contribution in [0.5, 0.6) is 0 Å². The molecule has 0 atom stereocenters. The molecule has 0 aliphatic carbocycles. The number of benzene rings is 1. The fraction of sp³-hybridized carbons (Fsp3) is 0.692. The van der Waals surface area contributed by atoms with Crippen LogP contribution in [0.25, 0.3) is 0 Å². The van der Waals surface area contributed by atoms with E-state index in [0.717, 1.165) is 12.1 Å². The average Bonchev–Trinajstić information content (AvgIpc) is 2.80. The molecule has 0 saturated heterocycles. The van der Waals surface area contributed by atoms with E-state index in [-0.39, 0.29) is 6.03 Å². The van der Waals surface area contributed by atoms with Crippen LogP contribution in [-0.4, -0.2) is 19.0 Å². The lowest BCUT2D eigenvalue weighted by molar-refractivity contribution is -0.109. The highest BCUT2D eigenvalue weighted by molar-refractivity contribution is 5.89. The summed E-state index contributed by atoms with van der Waals surface area (Å²) in [6.45, 7) is 2.98. The van der Waals surface area contributed by atoms with Crippen molar-refractivity contribution < 1.29 is 9.59 Å². The van der Waals surface area contributed by atoms with E-state index in [0.29, 0.717) is 18.6 Å². The number of anilines is 2. The van der Waals surface area contributed by atoms with E-state index in [1.807, 2.05) is 0 Å². The van der Waals surface area contributed by atoms with Crippen molar-refractivity contribution in [2.24, 2.45) is 0 Å². The summed E-state index contributed by atoms with van der Waals surface area (Å²) in [5.74, 6) is 0. The number of amides is 3. The van der Waals surface area contributed by atoms with Crippen LogP contribution in [-0.2, 0) is 4.79 Å². The smallest absolute Gasteiger partial charge is 0.319 e. The molecule has 1 aromatic carbocycles. The summed E-state index contributed by atoms with van der Waals surface area (Å²) < 4.78 is 0. The van der Waals surface area contributed by atoms with Gasteiger partial charge in [0.05, 0.1) is 5.69 Å². The third kappa shape index (κ3) is 16.5. The van der Waals surface area contributed by atoms with Crippen molar-refractivity contribution in [3.63, 3.8) is 0 Å². The maximum atomic E-state index is 11.9. The molecular weight excluding hydrogens is 400 g/mol. The molecule has 3 amide bonds. The van der Waals surface area contributed by atoms with Gasteiger partial charge in [-0.05, 0) is 30.7 Å². The molecule has 0 aliphatic rings. The summed E-state index contributed by atoms with van der Waals surface area (Å²) in [4.78, 5) is 22.2. The lowest BCUT2D eigenvalue weighted by atomic mass is 10.0. The molecule has 1 aromatic rings. The Morgan fingerprint density at radius 3 is 1.59 bits per heavy atom. The second kappa shape index (κ2) is 20.7. The number of hydrazine groups is 1. The predicted molar refractivity (Wildman–Crippen MR) is 136 cm³/mol. The largest absolute Gasteiger partial charge is 0.338 e. The first kappa shape index (κ1) is 27.8. The van der Waals surface area contributed by atoms with Gasteiger partial charge in [0, 0.05) is 12.2 Å². The van der Waals surface area contributed by atoms with E-state index in [1.54, 1.807) is 24.3 Å². The molecule has 0 saturated carbocycles. The van der Waals surface area contributed by atoms with Gasteiger partial charge in [0.25, 0.3) is 0 Å². The summed E-state index contributed by atoms with van der Waals surface area (Å²) >= 11 is 0. The van der Waals surface area contributed by atoms with Crippen LogP contribution in [0.3, 0.4) is 0 Å². The fourth-order valence-electron chi connectivity index (χ4n) is 3.80. The summed E-state index contributed by atoms with van der Waals surface area (Å²) in [7, 11) is 0. The number of carbonyl (C=O) groups is 2. The van der Waals surface area contributed by atoms with Gasteiger partial charge >= 0.3 is 6.03 Å². The Kier molecular flexibility index (Phi) is 17.9. The normalized spacial score (nSPS) is 10.5. The van der Waals surface area contributed by atoms with Gasteiger partial charge < -0.3 is 10.6 Å². The number of hydrogen-bond donors (Lipinski definition) is 4. The quantitative estimate of drug-likeness (QED) is 0.0919. The van der Waals surface area contributed by atoms with Gasteiger partial charge in [-0.3, -0.25) is 15.6 Å². The first-order valence-electron chi connectivity index (χ1n) is 12.9. The number of unbranched alkanes of at least 4 members (excludes halogenated alkanes) is 15. The molecule has 0 radical (unpaired) electrons. The van der Waals surface area contributed by atoms with Gasteiger partial charge in [-0.25, -0.2) is 4.79 Å². The van der Waals surface area contributed by atoms with E-state index in [4.69, 9.17) is 0 Å². The maximum absolute atomic E-state index is 11.9. The van der Waals surface area contributed by atoms with Gasteiger partial charge in [-0.15, -0.1) is 0 Å². The minimum absolute atomic E-state index is 0.183. The van der Waals surface area contributed by atoms with E-state index < -0.39 is 0 Å². The number of nitrogens with one attached hydrogen (secondary N) is 4. The van der Waals surface area contributed by atoms with Crippen LogP contribution >= 0.6 is 0 Å². The highest BCUT2D eigenvalue weighted by atomic mass is 16.2. The Balaban J connectivity index is 1.84. The molecule has 0 aromatic heterocycles. The van der Waals surface area contributed by atoms with Crippen molar-refractivity contribution in [2.75, 3.05) is 17.3 Å². The molecule has 182 valence electrons. The molecule has 6 heteroatoms. The van der Waals surface area contributed by atoms with Gasteiger partial charge in [-0.1, -0.05) is 103 Å². The molecule has 6 nitrogen and oxygen atoms in total. The Hall–Kier alpha value is -2.24. The third-order valence-corrected chi connectivity index (χ3v) is 5.73.